The number of fused-ring (bicyclic) bond motifs is 3. The van der Waals surface area contributed by atoms with Crippen LogP contribution in [0, 0.1) is 5.41 Å². The molecule has 2 heterocycles. The van der Waals surface area contributed by atoms with Crippen molar-refractivity contribution in [3.63, 3.8) is 0 Å². The summed E-state index contributed by atoms with van der Waals surface area (Å²) in [5, 5.41) is 4.44. The van der Waals surface area contributed by atoms with Gasteiger partial charge in [0.05, 0.1) is 19.2 Å². The van der Waals surface area contributed by atoms with Gasteiger partial charge in [-0.15, -0.1) is 0 Å². The molecule has 1 saturated heterocycles. The van der Waals surface area contributed by atoms with Gasteiger partial charge in [-0.1, -0.05) is 13.8 Å². The first-order valence-corrected chi connectivity index (χ1v) is 12.1. The highest BCUT2D eigenvalue weighted by Crippen LogP contribution is 2.52. The van der Waals surface area contributed by atoms with Crippen LogP contribution in [-0.4, -0.2) is 55.7 Å². The van der Waals surface area contributed by atoms with Crippen LogP contribution in [0.2, 0.25) is 0 Å². The molecule has 0 amide bonds. The first kappa shape index (κ1) is 23.6. The second kappa shape index (κ2) is 9.75. The van der Waals surface area contributed by atoms with E-state index in [0.717, 1.165) is 47.2 Å². The number of hydrogen-bond acceptors (Lipinski definition) is 7. The standard InChI is InChI=1S/C26H37N3O4/c1-17(2)27-25-19-15-26(3,4)24(33-16-30)23(19)18-13-21(31-5)22(14-20(18)28-25)32-12-8-11-29-9-6-7-10-29/h13-14,16-17,24H,6-12,15H2,1-5H3,(H,27,28). The summed E-state index contributed by atoms with van der Waals surface area (Å²) >= 11 is 0. The van der Waals surface area contributed by atoms with Crippen molar-refractivity contribution in [2.24, 2.45) is 5.41 Å². The van der Waals surface area contributed by atoms with Crippen LogP contribution in [0.15, 0.2) is 12.1 Å². The number of nitrogens with zero attached hydrogens (tertiary/aromatic N) is 2. The van der Waals surface area contributed by atoms with Crippen molar-refractivity contribution in [1.29, 1.82) is 0 Å². The van der Waals surface area contributed by atoms with E-state index in [1.807, 2.05) is 12.1 Å². The zero-order chi connectivity index (χ0) is 23.6. The lowest BCUT2D eigenvalue weighted by molar-refractivity contribution is -0.138. The molecule has 2 aromatic rings. The molecule has 4 rings (SSSR count). The maximum absolute atomic E-state index is 11.4. The van der Waals surface area contributed by atoms with E-state index in [-0.39, 0.29) is 17.6 Å². The SMILES string of the molecule is COc1cc2c3c(c(NC(C)C)nc2cc1OCCCN1CCCC1)CC(C)(C)C3OC=O. The number of pyridine rings is 1. The molecular formula is C26H37N3O4. The van der Waals surface area contributed by atoms with E-state index in [9.17, 15) is 4.79 Å². The number of ether oxygens (including phenoxy) is 3. The fourth-order valence-electron chi connectivity index (χ4n) is 5.20. The lowest BCUT2D eigenvalue weighted by Crippen LogP contribution is -2.22. The Balaban J connectivity index is 1.70. The van der Waals surface area contributed by atoms with Gasteiger partial charge in [0.15, 0.2) is 11.5 Å². The zero-order valence-electron chi connectivity index (χ0n) is 20.6. The Morgan fingerprint density at radius 2 is 2.00 bits per heavy atom. The quantitative estimate of drug-likeness (QED) is 0.410. The summed E-state index contributed by atoms with van der Waals surface area (Å²) in [6.07, 6.45) is 4.00. The van der Waals surface area contributed by atoms with E-state index in [1.54, 1.807) is 7.11 Å². The van der Waals surface area contributed by atoms with Gasteiger partial charge < -0.3 is 24.4 Å². The molecule has 2 aliphatic rings. The number of benzene rings is 1. The lowest BCUT2D eigenvalue weighted by atomic mass is 9.87. The zero-order valence-corrected chi connectivity index (χ0v) is 20.6. The van der Waals surface area contributed by atoms with Crippen LogP contribution in [0.4, 0.5) is 5.82 Å². The molecular weight excluding hydrogens is 418 g/mol. The van der Waals surface area contributed by atoms with Crippen LogP contribution in [0.25, 0.3) is 10.9 Å². The Morgan fingerprint density at radius 1 is 1.24 bits per heavy atom. The van der Waals surface area contributed by atoms with E-state index in [0.29, 0.717) is 24.6 Å². The van der Waals surface area contributed by atoms with Crippen LogP contribution >= 0.6 is 0 Å². The number of carbonyl (C=O) groups excluding carboxylic acids is 1. The molecule has 0 spiro atoms. The summed E-state index contributed by atoms with van der Waals surface area (Å²) in [7, 11) is 1.66. The van der Waals surface area contributed by atoms with Gasteiger partial charge in [0.2, 0.25) is 0 Å². The van der Waals surface area contributed by atoms with Crippen LogP contribution < -0.4 is 14.8 Å². The number of anilines is 1. The Kier molecular flexibility index (Phi) is 6.98. The molecule has 1 aliphatic carbocycles. The molecule has 7 nitrogen and oxygen atoms in total. The van der Waals surface area contributed by atoms with E-state index < -0.39 is 0 Å². The second-order valence-corrected chi connectivity index (χ2v) is 10.2. The molecule has 180 valence electrons. The number of hydrogen-bond donors (Lipinski definition) is 1. The average Bonchev–Trinajstić information content (AvgIpc) is 3.37. The highest BCUT2D eigenvalue weighted by Gasteiger charge is 2.44. The minimum Gasteiger partial charge on any atom is -0.493 e. The third-order valence-electron chi connectivity index (χ3n) is 6.71. The second-order valence-electron chi connectivity index (χ2n) is 10.2. The lowest BCUT2D eigenvalue weighted by Gasteiger charge is -2.26. The van der Waals surface area contributed by atoms with Gasteiger partial charge >= 0.3 is 0 Å². The van der Waals surface area contributed by atoms with E-state index >= 15 is 0 Å². The number of rotatable bonds is 10. The van der Waals surface area contributed by atoms with Gasteiger partial charge in [-0.3, -0.25) is 4.79 Å². The number of likely N-dealkylation sites (tertiary alicyclic amines) is 1. The molecule has 1 unspecified atom stereocenters. The van der Waals surface area contributed by atoms with Crippen LogP contribution in [0.3, 0.4) is 0 Å². The summed E-state index contributed by atoms with van der Waals surface area (Å²) in [5.74, 6) is 2.22. The molecule has 1 atom stereocenters. The summed E-state index contributed by atoms with van der Waals surface area (Å²) < 4.78 is 17.5. The highest BCUT2D eigenvalue weighted by molar-refractivity contribution is 5.90. The summed E-state index contributed by atoms with van der Waals surface area (Å²) in [4.78, 5) is 18.8. The van der Waals surface area contributed by atoms with Crippen molar-refractivity contribution in [3.8, 4) is 11.5 Å². The fourth-order valence-corrected chi connectivity index (χ4v) is 5.20. The summed E-state index contributed by atoms with van der Waals surface area (Å²) in [6.45, 7) is 13.1. The third kappa shape index (κ3) is 4.88. The monoisotopic (exact) mass is 455 g/mol. The van der Waals surface area contributed by atoms with Crippen molar-refractivity contribution >= 4 is 23.2 Å². The largest absolute Gasteiger partial charge is 0.493 e. The maximum atomic E-state index is 11.4. The van der Waals surface area contributed by atoms with Gasteiger partial charge in [0.25, 0.3) is 6.47 Å². The van der Waals surface area contributed by atoms with Gasteiger partial charge in [0, 0.05) is 40.6 Å². The first-order chi connectivity index (χ1) is 15.8. The van der Waals surface area contributed by atoms with E-state index in [1.165, 1.54) is 25.9 Å². The van der Waals surface area contributed by atoms with Crippen molar-refractivity contribution < 1.29 is 19.0 Å². The minimum absolute atomic E-state index is 0.229. The predicted molar refractivity (Wildman–Crippen MR) is 130 cm³/mol. The van der Waals surface area contributed by atoms with Crippen molar-refractivity contribution in [2.75, 3.05) is 38.7 Å². The van der Waals surface area contributed by atoms with Crippen molar-refractivity contribution in [1.82, 2.24) is 9.88 Å². The Hall–Kier alpha value is -2.54. The highest BCUT2D eigenvalue weighted by atomic mass is 16.5. The Labute approximate surface area is 196 Å². The fraction of sp³-hybridized carbons (Fsp3) is 0.615. The number of carbonyl (C=O) groups is 1. The molecule has 0 bridgehead atoms. The van der Waals surface area contributed by atoms with Crippen LogP contribution in [0.5, 0.6) is 11.5 Å². The van der Waals surface area contributed by atoms with Crippen LogP contribution in [-0.2, 0) is 16.0 Å². The molecule has 7 heteroatoms. The van der Waals surface area contributed by atoms with Gasteiger partial charge in [-0.05, 0) is 58.7 Å². The van der Waals surface area contributed by atoms with Crippen LogP contribution in [0.1, 0.15) is 64.2 Å². The van der Waals surface area contributed by atoms with Crippen molar-refractivity contribution in [2.45, 2.75) is 65.5 Å². The number of nitrogens with one attached hydrogen (secondary N) is 1. The van der Waals surface area contributed by atoms with Crippen molar-refractivity contribution in [3.05, 3.63) is 23.3 Å². The van der Waals surface area contributed by atoms with E-state index in [4.69, 9.17) is 19.2 Å². The topological polar surface area (TPSA) is 72.9 Å². The van der Waals surface area contributed by atoms with E-state index in [2.05, 4.69) is 37.9 Å². The Bertz CT molecular complexity index is 999. The number of aromatic nitrogens is 1. The molecule has 1 N–H and O–H groups in total. The molecule has 1 aromatic heterocycles. The number of methoxy groups -OCH3 is 1. The molecule has 0 radical (unpaired) electrons. The molecule has 1 aromatic carbocycles. The van der Waals surface area contributed by atoms with Gasteiger partial charge in [-0.2, -0.15) is 0 Å². The smallest absolute Gasteiger partial charge is 0.293 e. The first-order valence-electron chi connectivity index (χ1n) is 12.1. The summed E-state index contributed by atoms with van der Waals surface area (Å²) in [6, 6.07) is 4.17. The minimum atomic E-state index is -0.347. The Morgan fingerprint density at radius 3 is 2.67 bits per heavy atom. The molecule has 1 aliphatic heterocycles. The molecule has 33 heavy (non-hydrogen) atoms. The molecule has 0 saturated carbocycles. The van der Waals surface area contributed by atoms with Gasteiger partial charge in [0.1, 0.15) is 11.9 Å². The third-order valence-corrected chi connectivity index (χ3v) is 6.71. The predicted octanol–water partition coefficient (Wildman–Crippen LogP) is 4.72. The summed E-state index contributed by atoms with van der Waals surface area (Å²) in [5.41, 5.74) is 2.70. The maximum Gasteiger partial charge on any atom is 0.293 e. The van der Waals surface area contributed by atoms with Gasteiger partial charge in [-0.25, -0.2) is 4.98 Å². The molecule has 1 fully saturated rings. The average molecular weight is 456 g/mol. The normalized spacial score (nSPS) is 19.6.